The number of benzene rings is 12. The third-order valence-electron chi connectivity index (χ3n) is 15.2. The van der Waals surface area contributed by atoms with Crippen LogP contribution in [0.5, 0.6) is 0 Å². The average molecular weight is 876 g/mol. The van der Waals surface area contributed by atoms with Crippen LogP contribution in [-0.4, -0.2) is 0 Å². The maximum absolute atomic E-state index is 6.92. The number of rotatable bonds is 5. The highest BCUT2D eigenvalue weighted by Crippen LogP contribution is 2.63. The van der Waals surface area contributed by atoms with E-state index in [0.29, 0.717) is 0 Å². The number of anilines is 3. The van der Waals surface area contributed by atoms with Crippen LogP contribution in [0.2, 0.25) is 0 Å². The smallest absolute Gasteiger partial charge is 0.143 e. The van der Waals surface area contributed by atoms with Gasteiger partial charge in [0.05, 0.1) is 11.1 Å². The Balaban J connectivity index is 0.949. The van der Waals surface area contributed by atoms with E-state index in [-0.39, 0.29) is 0 Å². The maximum Gasteiger partial charge on any atom is 0.143 e. The van der Waals surface area contributed by atoms with Crippen molar-refractivity contribution in [2.75, 3.05) is 4.90 Å². The van der Waals surface area contributed by atoms with Gasteiger partial charge in [0.2, 0.25) is 0 Å². The molecule has 320 valence electrons. The van der Waals surface area contributed by atoms with Gasteiger partial charge in [-0.15, -0.1) is 0 Å². The summed E-state index contributed by atoms with van der Waals surface area (Å²) in [5.74, 6) is 0. The lowest BCUT2D eigenvalue weighted by molar-refractivity contribution is 0.670. The van der Waals surface area contributed by atoms with Crippen LogP contribution in [0.3, 0.4) is 0 Å². The standard InChI is InChI=1S/C67H41NO/c1-2-16-45-40-65-59(39-44(45)15-1)58-23-13-22-57(66(58)69-65)56-21-8-12-27-64(56)68(48-33-30-42(31-34-48)46-32-36-51-47(38-46)29-28-43-14-3-4-17-50(43)51)49-35-37-55-54-20-7-11-26-62(54)67(63(55)41-49)60-24-9-5-18-52(60)53-19-6-10-25-61(53)67/h1-41H. The predicted octanol–water partition coefficient (Wildman–Crippen LogP) is 18.2. The van der Waals surface area contributed by atoms with Crippen LogP contribution in [-0.2, 0) is 5.41 Å². The lowest BCUT2D eigenvalue weighted by Crippen LogP contribution is -2.26. The summed E-state index contributed by atoms with van der Waals surface area (Å²) in [7, 11) is 0. The van der Waals surface area contributed by atoms with Crippen molar-refractivity contribution >= 4 is 71.3 Å². The van der Waals surface area contributed by atoms with Crippen LogP contribution in [0.1, 0.15) is 22.3 Å². The molecule has 2 heteroatoms. The molecular formula is C67H41NO. The Labute approximate surface area is 399 Å². The van der Waals surface area contributed by atoms with Crippen LogP contribution in [0.25, 0.3) is 98.8 Å². The Kier molecular flexibility index (Phi) is 8.02. The molecule has 0 N–H and O–H groups in total. The minimum Gasteiger partial charge on any atom is -0.455 e. The Morgan fingerprint density at radius 3 is 1.57 bits per heavy atom. The zero-order valence-corrected chi connectivity index (χ0v) is 37.5. The predicted molar refractivity (Wildman–Crippen MR) is 288 cm³/mol. The van der Waals surface area contributed by atoms with Gasteiger partial charge in [-0.2, -0.15) is 0 Å². The maximum atomic E-state index is 6.92. The molecule has 2 nitrogen and oxygen atoms in total. The van der Waals surface area contributed by atoms with Crippen LogP contribution in [0, 0.1) is 0 Å². The van der Waals surface area contributed by atoms with E-state index in [1.54, 1.807) is 0 Å². The molecule has 1 heterocycles. The fraction of sp³-hybridized carbons (Fsp3) is 0.0149. The Bertz CT molecular complexity index is 4210. The molecule has 13 aromatic rings. The first-order valence-electron chi connectivity index (χ1n) is 23.9. The number of fused-ring (bicyclic) bond motifs is 17. The van der Waals surface area contributed by atoms with Gasteiger partial charge in [-0.3, -0.25) is 0 Å². The summed E-state index contributed by atoms with van der Waals surface area (Å²) in [6.07, 6.45) is 0. The quantitative estimate of drug-likeness (QED) is 0.160. The average Bonchev–Trinajstić information content (AvgIpc) is 4.04. The molecule has 0 amide bonds. The molecule has 0 saturated heterocycles. The van der Waals surface area contributed by atoms with Gasteiger partial charge < -0.3 is 9.32 Å². The third kappa shape index (κ3) is 5.43. The first-order chi connectivity index (χ1) is 34.2. The van der Waals surface area contributed by atoms with Crippen LogP contribution < -0.4 is 4.90 Å². The Morgan fingerprint density at radius 1 is 0.290 bits per heavy atom. The SMILES string of the molecule is c1ccc(N(c2ccc(-c3ccc4c(ccc5ccccc54)c3)cc2)c2ccc3c(c2)C2(c4ccccc4-c4ccccc42)c2ccccc2-3)c(-c2cccc3c2oc2cc4ccccc4cc23)c1. The minimum absolute atomic E-state index is 0.477. The van der Waals surface area contributed by atoms with Crippen LogP contribution in [0.4, 0.5) is 17.1 Å². The lowest BCUT2D eigenvalue weighted by Gasteiger charge is -2.32. The van der Waals surface area contributed by atoms with Gasteiger partial charge in [0.15, 0.2) is 0 Å². The van der Waals surface area contributed by atoms with Crippen molar-refractivity contribution in [3.05, 3.63) is 271 Å². The molecule has 0 radical (unpaired) electrons. The van der Waals surface area contributed by atoms with Crippen molar-refractivity contribution in [2.24, 2.45) is 0 Å². The fourth-order valence-electron chi connectivity index (χ4n) is 12.2. The van der Waals surface area contributed by atoms with E-state index < -0.39 is 5.41 Å². The summed E-state index contributed by atoms with van der Waals surface area (Å²) in [6.45, 7) is 0. The topological polar surface area (TPSA) is 16.4 Å². The second-order valence-electron chi connectivity index (χ2n) is 18.7. The van der Waals surface area contributed by atoms with Crippen molar-refractivity contribution in [1.82, 2.24) is 0 Å². The minimum atomic E-state index is -0.477. The summed E-state index contributed by atoms with van der Waals surface area (Å²) >= 11 is 0. The van der Waals surface area contributed by atoms with E-state index >= 15 is 0 Å². The fourth-order valence-corrected chi connectivity index (χ4v) is 12.2. The first kappa shape index (κ1) is 38.2. The molecule has 0 saturated carbocycles. The number of para-hydroxylation sites is 2. The molecule has 1 spiro atoms. The van der Waals surface area contributed by atoms with Crippen molar-refractivity contribution < 1.29 is 4.42 Å². The summed E-state index contributed by atoms with van der Waals surface area (Å²) in [6, 6.07) is 91.9. The molecule has 69 heavy (non-hydrogen) atoms. The van der Waals surface area contributed by atoms with E-state index in [4.69, 9.17) is 4.42 Å². The normalized spacial score (nSPS) is 13.0. The first-order valence-corrected chi connectivity index (χ1v) is 23.9. The van der Waals surface area contributed by atoms with E-state index in [1.165, 1.54) is 88.0 Å². The van der Waals surface area contributed by atoms with Gasteiger partial charge in [-0.1, -0.05) is 200 Å². The van der Waals surface area contributed by atoms with Gasteiger partial charge in [0, 0.05) is 33.3 Å². The van der Waals surface area contributed by atoms with Crippen molar-refractivity contribution in [3.8, 4) is 44.5 Å². The zero-order chi connectivity index (χ0) is 45.2. The van der Waals surface area contributed by atoms with Gasteiger partial charge in [0.1, 0.15) is 11.2 Å². The summed E-state index contributed by atoms with van der Waals surface area (Å²) in [5, 5.41) is 9.65. The van der Waals surface area contributed by atoms with Crippen LogP contribution in [0.15, 0.2) is 253 Å². The molecular weight excluding hydrogens is 835 g/mol. The highest BCUT2D eigenvalue weighted by molar-refractivity contribution is 6.14. The summed E-state index contributed by atoms with van der Waals surface area (Å²) in [5.41, 5.74) is 19.5. The molecule has 0 fully saturated rings. The molecule has 15 rings (SSSR count). The monoisotopic (exact) mass is 875 g/mol. The van der Waals surface area contributed by atoms with Gasteiger partial charge in [0.25, 0.3) is 0 Å². The highest BCUT2D eigenvalue weighted by Gasteiger charge is 2.51. The van der Waals surface area contributed by atoms with Gasteiger partial charge in [-0.25, -0.2) is 0 Å². The van der Waals surface area contributed by atoms with E-state index in [1.807, 2.05) is 0 Å². The number of nitrogens with zero attached hydrogens (tertiary/aromatic N) is 1. The number of hydrogen-bond donors (Lipinski definition) is 0. The molecule has 0 atom stereocenters. The summed E-state index contributed by atoms with van der Waals surface area (Å²) in [4.78, 5) is 2.46. The van der Waals surface area contributed by atoms with E-state index in [2.05, 4.69) is 254 Å². The van der Waals surface area contributed by atoms with Crippen molar-refractivity contribution in [1.29, 1.82) is 0 Å². The number of furan rings is 1. The molecule has 0 bridgehead atoms. The van der Waals surface area contributed by atoms with Crippen LogP contribution >= 0.6 is 0 Å². The molecule has 0 aliphatic heterocycles. The molecule has 12 aromatic carbocycles. The van der Waals surface area contributed by atoms with Crippen molar-refractivity contribution in [2.45, 2.75) is 5.41 Å². The number of hydrogen-bond acceptors (Lipinski definition) is 2. The summed E-state index contributed by atoms with van der Waals surface area (Å²) < 4.78 is 6.92. The van der Waals surface area contributed by atoms with E-state index in [9.17, 15) is 0 Å². The second kappa shape index (κ2) is 14.5. The van der Waals surface area contributed by atoms with Crippen molar-refractivity contribution in [3.63, 3.8) is 0 Å². The third-order valence-corrected chi connectivity index (χ3v) is 15.2. The van der Waals surface area contributed by atoms with Gasteiger partial charge in [-0.05, 0) is 136 Å². The molecule has 0 unspecified atom stereocenters. The molecule has 1 aromatic heterocycles. The Morgan fingerprint density at radius 2 is 0.826 bits per heavy atom. The zero-order valence-electron chi connectivity index (χ0n) is 37.5. The molecule has 2 aliphatic carbocycles. The lowest BCUT2D eigenvalue weighted by atomic mass is 9.70. The van der Waals surface area contributed by atoms with Gasteiger partial charge >= 0.3 is 0 Å². The Hall–Kier alpha value is -8.98. The van der Waals surface area contributed by atoms with E-state index in [0.717, 1.165) is 50.1 Å². The largest absolute Gasteiger partial charge is 0.455 e. The molecule has 2 aliphatic rings. The second-order valence-corrected chi connectivity index (χ2v) is 18.7. The highest BCUT2D eigenvalue weighted by atomic mass is 16.3.